The second kappa shape index (κ2) is 3.22. The number of carbonyl (C=O) groups is 1. The summed E-state index contributed by atoms with van der Waals surface area (Å²) < 4.78 is 12.3. The van der Waals surface area contributed by atoms with E-state index in [1.165, 1.54) is 6.92 Å². The molecule has 0 aromatic heterocycles. The molecule has 0 aliphatic heterocycles. The van der Waals surface area contributed by atoms with E-state index in [2.05, 4.69) is 0 Å². The standard InChI is InChI=1S/C6H9FO2/c1-3-5(7)4(2)6(8)9/h3H2,1-2H3,(H,8,9)/b5-4+. The second-order valence-electron chi connectivity index (χ2n) is 1.69. The van der Waals surface area contributed by atoms with Gasteiger partial charge in [0, 0.05) is 0 Å². The van der Waals surface area contributed by atoms with Gasteiger partial charge in [-0.15, -0.1) is 0 Å². The molecule has 52 valence electrons. The second-order valence-corrected chi connectivity index (χ2v) is 1.69. The summed E-state index contributed by atoms with van der Waals surface area (Å²) in [6.45, 7) is 2.82. The number of aliphatic carboxylic acids is 1. The van der Waals surface area contributed by atoms with E-state index >= 15 is 0 Å². The van der Waals surface area contributed by atoms with Crippen LogP contribution in [0.1, 0.15) is 20.3 Å². The maximum atomic E-state index is 12.3. The minimum Gasteiger partial charge on any atom is -0.478 e. The summed E-state index contributed by atoms with van der Waals surface area (Å²) in [6.07, 6.45) is 0.151. The van der Waals surface area contributed by atoms with Gasteiger partial charge in [0.2, 0.25) is 0 Å². The Bertz CT molecular complexity index is 149. The van der Waals surface area contributed by atoms with Crippen LogP contribution in [0.15, 0.2) is 11.4 Å². The Morgan fingerprint density at radius 1 is 1.67 bits per heavy atom. The molecule has 0 aromatic carbocycles. The van der Waals surface area contributed by atoms with Crippen LogP contribution in [0.5, 0.6) is 0 Å². The molecule has 0 aliphatic rings. The van der Waals surface area contributed by atoms with Gasteiger partial charge in [-0.3, -0.25) is 0 Å². The zero-order chi connectivity index (χ0) is 7.44. The van der Waals surface area contributed by atoms with Crippen molar-refractivity contribution in [3.05, 3.63) is 11.4 Å². The largest absolute Gasteiger partial charge is 0.478 e. The van der Waals surface area contributed by atoms with Gasteiger partial charge < -0.3 is 5.11 Å². The molecule has 0 saturated heterocycles. The Morgan fingerprint density at radius 3 is 2.22 bits per heavy atom. The molecule has 9 heavy (non-hydrogen) atoms. The van der Waals surface area contributed by atoms with Crippen LogP contribution in [-0.2, 0) is 4.79 Å². The Morgan fingerprint density at radius 2 is 2.11 bits per heavy atom. The van der Waals surface area contributed by atoms with Crippen molar-refractivity contribution in [3.63, 3.8) is 0 Å². The topological polar surface area (TPSA) is 37.3 Å². The minimum absolute atomic E-state index is 0.151. The lowest BCUT2D eigenvalue weighted by Crippen LogP contribution is -1.97. The predicted molar refractivity (Wildman–Crippen MR) is 31.7 cm³/mol. The summed E-state index contributed by atoms with van der Waals surface area (Å²) in [6, 6.07) is 0. The van der Waals surface area contributed by atoms with E-state index < -0.39 is 11.8 Å². The fraction of sp³-hybridized carbons (Fsp3) is 0.500. The Hall–Kier alpha value is -0.860. The molecule has 0 aromatic rings. The van der Waals surface area contributed by atoms with Crippen LogP contribution in [0, 0.1) is 0 Å². The molecule has 0 amide bonds. The summed E-state index contributed by atoms with van der Waals surface area (Å²) in [4.78, 5) is 10.0. The third-order valence-electron chi connectivity index (χ3n) is 1.04. The molecule has 0 heterocycles. The first-order valence-electron chi connectivity index (χ1n) is 2.68. The van der Waals surface area contributed by atoms with Gasteiger partial charge in [-0.25, -0.2) is 9.18 Å². The van der Waals surface area contributed by atoms with Crippen LogP contribution < -0.4 is 0 Å². The van der Waals surface area contributed by atoms with Crippen LogP contribution in [0.25, 0.3) is 0 Å². The summed E-state index contributed by atoms with van der Waals surface area (Å²) in [5.41, 5.74) is -0.197. The van der Waals surface area contributed by atoms with Crippen molar-refractivity contribution in [1.82, 2.24) is 0 Å². The van der Waals surface area contributed by atoms with Gasteiger partial charge in [0.05, 0.1) is 5.57 Å². The number of allylic oxidation sites excluding steroid dienone is 1. The monoisotopic (exact) mass is 132 g/mol. The molecular formula is C6H9FO2. The molecule has 0 bridgehead atoms. The molecule has 0 fully saturated rings. The molecular weight excluding hydrogens is 123 g/mol. The summed E-state index contributed by atoms with van der Waals surface area (Å²) >= 11 is 0. The SMILES string of the molecule is CC/C(F)=C(/C)C(=O)O. The van der Waals surface area contributed by atoms with Crippen LogP contribution in [0.3, 0.4) is 0 Å². The van der Waals surface area contributed by atoms with E-state index in [0.29, 0.717) is 0 Å². The van der Waals surface area contributed by atoms with E-state index in [0.717, 1.165) is 0 Å². The smallest absolute Gasteiger partial charge is 0.333 e. The van der Waals surface area contributed by atoms with Crippen molar-refractivity contribution in [2.75, 3.05) is 0 Å². The average molecular weight is 132 g/mol. The Labute approximate surface area is 53.0 Å². The van der Waals surface area contributed by atoms with Crippen molar-refractivity contribution >= 4 is 5.97 Å². The molecule has 0 saturated carbocycles. The van der Waals surface area contributed by atoms with Gasteiger partial charge in [0.15, 0.2) is 0 Å². The average Bonchev–Trinajstić information content (AvgIpc) is 1.84. The van der Waals surface area contributed by atoms with Gasteiger partial charge in [0.1, 0.15) is 5.83 Å². The van der Waals surface area contributed by atoms with E-state index in [9.17, 15) is 9.18 Å². The number of carboxylic acids is 1. The zero-order valence-electron chi connectivity index (χ0n) is 5.44. The predicted octanol–water partition coefficient (Wildman–Crippen LogP) is 1.72. The number of carboxylic acid groups (broad SMARTS) is 1. The van der Waals surface area contributed by atoms with Crippen molar-refractivity contribution in [3.8, 4) is 0 Å². The first-order chi connectivity index (χ1) is 4.09. The van der Waals surface area contributed by atoms with Crippen LogP contribution >= 0.6 is 0 Å². The quantitative estimate of drug-likeness (QED) is 0.581. The third-order valence-corrected chi connectivity index (χ3v) is 1.04. The molecule has 0 radical (unpaired) electrons. The van der Waals surface area contributed by atoms with Gasteiger partial charge in [-0.1, -0.05) is 6.92 Å². The van der Waals surface area contributed by atoms with Gasteiger partial charge >= 0.3 is 5.97 Å². The fourth-order valence-electron chi connectivity index (χ4n) is 0.381. The van der Waals surface area contributed by atoms with E-state index in [4.69, 9.17) is 5.11 Å². The van der Waals surface area contributed by atoms with E-state index in [1.54, 1.807) is 6.92 Å². The third kappa shape index (κ3) is 2.26. The number of rotatable bonds is 2. The highest BCUT2D eigenvalue weighted by Crippen LogP contribution is 2.08. The first kappa shape index (κ1) is 8.14. The molecule has 0 aliphatic carbocycles. The summed E-state index contributed by atoms with van der Waals surface area (Å²) in [7, 11) is 0. The number of halogens is 1. The highest BCUT2D eigenvalue weighted by molar-refractivity contribution is 5.86. The first-order valence-corrected chi connectivity index (χ1v) is 2.68. The molecule has 0 rings (SSSR count). The normalized spacial score (nSPS) is 12.8. The lowest BCUT2D eigenvalue weighted by atomic mass is 10.2. The Kier molecular flexibility index (Phi) is 2.91. The molecule has 2 nitrogen and oxygen atoms in total. The Balaban J connectivity index is 4.28. The minimum atomic E-state index is -1.19. The van der Waals surface area contributed by atoms with Crippen molar-refractivity contribution in [2.24, 2.45) is 0 Å². The number of hydrogen-bond acceptors (Lipinski definition) is 1. The van der Waals surface area contributed by atoms with Crippen LogP contribution in [-0.4, -0.2) is 11.1 Å². The van der Waals surface area contributed by atoms with E-state index in [-0.39, 0.29) is 12.0 Å². The fourth-order valence-corrected chi connectivity index (χ4v) is 0.381. The van der Waals surface area contributed by atoms with Gasteiger partial charge in [-0.2, -0.15) is 0 Å². The van der Waals surface area contributed by atoms with Crippen molar-refractivity contribution in [1.29, 1.82) is 0 Å². The maximum absolute atomic E-state index is 12.3. The molecule has 1 N–H and O–H groups in total. The number of hydrogen-bond donors (Lipinski definition) is 1. The molecule has 0 spiro atoms. The molecule has 0 atom stereocenters. The molecule has 3 heteroatoms. The van der Waals surface area contributed by atoms with E-state index in [1.807, 2.05) is 0 Å². The highest BCUT2D eigenvalue weighted by atomic mass is 19.1. The lowest BCUT2D eigenvalue weighted by Gasteiger charge is -1.93. The van der Waals surface area contributed by atoms with Crippen LogP contribution in [0.2, 0.25) is 0 Å². The summed E-state index contributed by atoms with van der Waals surface area (Å²) in [5.74, 6) is -1.74. The van der Waals surface area contributed by atoms with Crippen molar-refractivity contribution < 1.29 is 14.3 Å². The maximum Gasteiger partial charge on any atom is 0.333 e. The highest BCUT2D eigenvalue weighted by Gasteiger charge is 2.05. The van der Waals surface area contributed by atoms with Gasteiger partial charge in [-0.05, 0) is 13.3 Å². The van der Waals surface area contributed by atoms with Crippen LogP contribution in [0.4, 0.5) is 4.39 Å². The summed E-state index contributed by atoms with van der Waals surface area (Å²) in [5, 5.41) is 8.19. The van der Waals surface area contributed by atoms with Crippen molar-refractivity contribution in [2.45, 2.75) is 20.3 Å². The zero-order valence-corrected chi connectivity index (χ0v) is 5.44. The molecule has 0 unspecified atom stereocenters. The van der Waals surface area contributed by atoms with Gasteiger partial charge in [0.25, 0.3) is 0 Å². The lowest BCUT2D eigenvalue weighted by molar-refractivity contribution is -0.132.